The van der Waals surface area contributed by atoms with Crippen molar-refractivity contribution in [2.75, 3.05) is 19.8 Å². The van der Waals surface area contributed by atoms with Gasteiger partial charge in [0.2, 0.25) is 0 Å². The third-order valence-corrected chi connectivity index (χ3v) is 4.20. The quantitative estimate of drug-likeness (QED) is 0.833. The number of halogens is 1. The van der Waals surface area contributed by atoms with Crippen LogP contribution in [0.15, 0.2) is 46.2 Å². The van der Waals surface area contributed by atoms with Crippen LogP contribution in [-0.4, -0.2) is 24.1 Å². The third kappa shape index (κ3) is 4.20. The van der Waals surface area contributed by atoms with Gasteiger partial charge >= 0.3 is 0 Å². The zero-order valence-corrected chi connectivity index (χ0v) is 13.0. The molecule has 0 radical (unpaired) electrons. The Morgan fingerprint density at radius 1 is 1.14 bits per heavy atom. The molecule has 0 unspecified atom stereocenters. The normalized spacial score (nSPS) is 11.1. The van der Waals surface area contributed by atoms with Gasteiger partial charge in [-0.1, -0.05) is 17.8 Å². The molecule has 0 aliphatic carbocycles. The molecule has 0 spiro atoms. The number of rotatable bonds is 5. The molecule has 0 aliphatic heterocycles. The summed E-state index contributed by atoms with van der Waals surface area (Å²) in [4.78, 5) is 3.88. The molecule has 0 fully saturated rings. The number of nitrogen functional groups attached to an aromatic ring is 1. The zero-order chi connectivity index (χ0) is 15.4. The van der Waals surface area contributed by atoms with Crippen molar-refractivity contribution in [3.8, 4) is 0 Å². The summed E-state index contributed by atoms with van der Waals surface area (Å²) in [5.41, 5.74) is 8.34. The highest BCUT2D eigenvalue weighted by Gasteiger charge is 2.09. The van der Waals surface area contributed by atoms with Crippen LogP contribution in [0.2, 0.25) is 0 Å². The topological polar surface area (TPSA) is 49.5 Å². The maximum absolute atomic E-state index is 13.4. The van der Waals surface area contributed by atoms with E-state index in [2.05, 4.69) is 0 Å². The molecule has 112 valence electrons. The predicted molar refractivity (Wildman–Crippen MR) is 84.7 cm³/mol. The summed E-state index contributed by atoms with van der Waals surface area (Å²) in [5.74, 6) is -0.236. The molecule has 2 aromatic carbocycles. The van der Waals surface area contributed by atoms with Crippen molar-refractivity contribution < 1.29 is 9.50 Å². The van der Waals surface area contributed by atoms with Crippen LogP contribution in [0, 0.1) is 5.82 Å². The van der Waals surface area contributed by atoms with Gasteiger partial charge in [-0.2, -0.15) is 0 Å². The Labute approximate surface area is 128 Å². The van der Waals surface area contributed by atoms with E-state index >= 15 is 0 Å². The van der Waals surface area contributed by atoms with Crippen LogP contribution < -0.4 is 5.73 Å². The summed E-state index contributed by atoms with van der Waals surface area (Å²) in [6.45, 7) is 0.631. The first-order chi connectivity index (χ1) is 9.99. The molecule has 0 aliphatic rings. The summed E-state index contributed by atoms with van der Waals surface area (Å²) in [6.07, 6.45) is 0. The Kier molecular flexibility index (Phi) is 5.22. The van der Waals surface area contributed by atoms with E-state index in [1.807, 2.05) is 31.1 Å². The number of hydrogen-bond acceptors (Lipinski definition) is 4. The molecule has 2 aromatic rings. The van der Waals surface area contributed by atoms with E-state index in [9.17, 15) is 4.39 Å². The maximum Gasteiger partial charge on any atom is 0.123 e. The van der Waals surface area contributed by atoms with Gasteiger partial charge in [-0.05, 0) is 55.6 Å². The van der Waals surface area contributed by atoms with E-state index in [-0.39, 0.29) is 12.4 Å². The average molecular weight is 305 g/mol. The molecule has 0 aromatic heterocycles. The molecular weight excluding hydrogens is 286 g/mol. The van der Waals surface area contributed by atoms with Crippen molar-refractivity contribution in [2.45, 2.75) is 22.9 Å². The van der Waals surface area contributed by atoms with Gasteiger partial charge in [0.15, 0.2) is 0 Å². The number of benzene rings is 2. The van der Waals surface area contributed by atoms with Crippen LogP contribution in [-0.2, 0) is 13.2 Å². The second-order valence-corrected chi connectivity index (χ2v) is 6.21. The van der Waals surface area contributed by atoms with Crippen LogP contribution >= 0.6 is 11.8 Å². The molecule has 2 rings (SSSR count). The summed E-state index contributed by atoms with van der Waals surface area (Å²) < 4.78 is 13.4. The summed E-state index contributed by atoms with van der Waals surface area (Å²) in [6, 6.07) is 10.3. The fourth-order valence-corrected chi connectivity index (χ4v) is 2.96. The molecule has 0 amide bonds. The molecule has 0 bridgehead atoms. The highest BCUT2D eigenvalue weighted by Crippen LogP contribution is 2.35. The Morgan fingerprint density at radius 3 is 2.48 bits per heavy atom. The molecule has 0 saturated carbocycles. The lowest BCUT2D eigenvalue weighted by atomic mass is 10.2. The lowest BCUT2D eigenvalue weighted by Gasteiger charge is -2.15. The lowest BCUT2D eigenvalue weighted by Crippen LogP contribution is -2.11. The number of hydrogen-bond donors (Lipinski definition) is 2. The van der Waals surface area contributed by atoms with Gasteiger partial charge in [0, 0.05) is 22.0 Å². The Balaban J connectivity index is 2.30. The van der Waals surface area contributed by atoms with E-state index in [0.29, 0.717) is 12.2 Å². The highest BCUT2D eigenvalue weighted by molar-refractivity contribution is 7.99. The van der Waals surface area contributed by atoms with E-state index in [1.54, 1.807) is 18.2 Å². The van der Waals surface area contributed by atoms with Crippen molar-refractivity contribution in [3.63, 3.8) is 0 Å². The van der Waals surface area contributed by atoms with E-state index < -0.39 is 0 Å². The standard InChI is InChI=1S/C16H19FN2OS/c1-19(2)9-12-8-13(17)4-6-15(12)21-16-5-3-11(10-20)7-14(16)18/h3-8,20H,9-10,18H2,1-2H3/i1-1. The molecule has 3 N–H and O–H groups in total. The van der Waals surface area contributed by atoms with Crippen LogP contribution in [0.1, 0.15) is 11.1 Å². The molecule has 5 heteroatoms. The lowest BCUT2D eigenvalue weighted by molar-refractivity contribution is 0.282. The van der Waals surface area contributed by atoms with Crippen molar-refractivity contribution >= 4 is 17.4 Å². The van der Waals surface area contributed by atoms with Gasteiger partial charge < -0.3 is 15.7 Å². The molecule has 0 heterocycles. The fraction of sp³-hybridized carbons (Fsp3) is 0.250. The van der Waals surface area contributed by atoms with Gasteiger partial charge in [-0.25, -0.2) is 4.39 Å². The highest BCUT2D eigenvalue weighted by atomic mass is 32.2. The molecule has 0 saturated heterocycles. The maximum atomic E-state index is 13.4. The first kappa shape index (κ1) is 15.8. The largest absolute Gasteiger partial charge is 0.398 e. The number of nitrogens with zero attached hydrogens (tertiary/aromatic N) is 1. The van der Waals surface area contributed by atoms with Crippen LogP contribution in [0.5, 0.6) is 0 Å². The summed E-state index contributed by atoms with van der Waals surface area (Å²) in [7, 11) is 3.90. The summed E-state index contributed by atoms with van der Waals surface area (Å²) >= 11 is 1.51. The van der Waals surface area contributed by atoms with E-state index in [4.69, 9.17) is 10.8 Å². The number of aliphatic hydroxyl groups is 1. The van der Waals surface area contributed by atoms with E-state index in [1.165, 1.54) is 17.8 Å². The third-order valence-electron chi connectivity index (χ3n) is 2.99. The van der Waals surface area contributed by atoms with Crippen molar-refractivity contribution in [3.05, 3.63) is 53.3 Å². The minimum Gasteiger partial charge on any atom is -0.398 e. The monoisotopic (exact) mass is 305 g/mol. The Bertz CT molecular complexity index is 632. The fourth-order valence-electron chi connectivity index (χ4n) is 2.02. The zero-order valence-electron chi connectivity index (χ0n) is 12.1. The van der Waals surface area contributed by atoms with Crippen molar-refractivity contribution in [1.82, 2.24) is 4.90 Å². The van der Waals surface area contributed by atoms with Gasteiger partial charge in [0.25, 0.3) is 0 Å². The minimum atomic E-state index is -0.236. The second kappa shape index (κ2) is 6.93. The molecular formula is C16H19FN2OS. The smallest absolute Gasteiger partial charge is 0.123 e. The van der Waals surface area contributed by atoms with Crippen molar-refractivity contribution in [1.29, 1.82) is 0 Å². The SMILES string of the molecule is CN([11CH3])Cc1cc(F)ccc1Sc1ccc(CO)cc1N. The average Bonchev–Trinajstić information content (AvgIpc) is 2.43. The molecule has 3 nitrogen and oxygen atoms in total. The molecule has 0 atom stereocenters. The Hall–Kier alpha value is -1.56. The van der Waals surface area contributed by atoms with Crippen LogP contribution in [0.4, 0.5) is 10.1 Å². The van der Waals surface area contributed by atoms with Gasteiger partial charge in [-0.15, -0.1) is 0 Å². The molecule has 21 heavy (non-hydrogen) atoms. The number of nitrogens with two attached hydrogens (primary N) is 1. The van der Waals surface area contributed by atoms with Gasteiger partial charge in [0.1, 0.15) is 5.82 Å². The van der Waals surface area contributed by atoms with Gasteiger partial charge in [0.05, 0.1) is 6.61 Å². The van der Waals surface area contributed by atoms with E-state index in [0.717, 1.165) is 20.9 Å². The number of aliphatic hydroxyl groups excluding tert-OH is 1. The minimum absolute atomic E-state index is 0.0302. The Morgan fingerprint density at radius 2 is 1.86 bits per heavy atom. The predicted octanol–water partition coefficient (Wildman–Crippen LogP) is 3.11. The van der Waals surface area contributed by atoms with Crippen LogP contribution in [0.25, 0.3) is 0 Å². The van der Waals surface area contributed by atoms with Gasteiger partial charge in [-0.3, -0.25) is 0 Å². The second-order valence-electron chi connectivity index (χ2n) is 5.12. The number of anilines is 1. The first-order valence-electron chi connectivity index (χ1n) is 6.60. The first-order valence-corrected chi connectivity index (χ1v) is 7.41. The summed E-state index contributed by atoms with van der Waals surface area (Å²) in [5, 5.41) is 9.11. The van der Waals surface area contributed by atoms with Crippen molar-refractivity contribution in [2.24, 2.45) is 0 Å². The van der Waals surface area contributed by atoms with Crippen LogP contribution in [0.3, 0.4) is 0 Å².